The van der Waals surface area contributed by atoms with Crippen LogP contribution in [0.4, 0.5) is 5.69 Å². The zero-order valence-corrected chi connectivity index (χ0v) is 20.7. The molecule has 6 heteroatoms. The number of amides is 1. The van der Waals surface area contributed by atoms with E-state index in [0.29, 0.717) is 11.3 Å². The molecule has 174 valence electrons. The molecule has 0 fully saturated rings. The summed E-state index contributed by atoms with van der Waals surface area (Å²) in [6, 6.07) is 20.8. The van der Waals surface area contributed by atoms with E-state index in [2.05, 4.69) is 24.4 Å². The average Bonchev–Trinajstić information content (AvgIpc) is 2.79. The first-order valence-corrected chi connectivity index (χ1v) is 13.0. The SMILES string of the molecule is CCc1ccc(C(C)NC(=O)c2ccc(CN(c3ccc(C)c(C)c3)S(C)(=O)=O)cc2)cc1. The Balaban J connectivity index is 1.72. The lowest BCUT2D eigenvalue weighted by Gasteiger charge is -2.23. The molecule has 1 N–H and O–H groups in total. The van der Waals surface area contributed by atoms with E-state index in [4.69, 9.17) is 0 Å². The molecule has 0 saturated carbocycles. The van der Waals surface area contributed by atoms with Crippen LogP contribution in [0, 0.1) is 13.8 Å². The van der Waals surface area contributed by atoms with Crippen LogP contribution in [0.1, 0.15) is 58.1 Å². The number of aryl methyl sites for hydroxylation is 3. The Kier molecular flexibility index (Phi) is 7.59. The number of sulfonamides is 1. The van der Waals surface area contributed by atoms with E-state index in [1.54, 1.807) is 24.3 Å². The molecule has 0 aliphatic carbocycles. The van der Waals surface area contributed by atoms with Crippen LogP contribution in [-0.4, -0.2) is 20.6 Å². The first-order valence-electron chi connectivity index (χ1n) is 11.1. The summed E-state index contributed by atoms with van der Waals surface area (Å²) in [7, 11) is -3.47. The minimum absolute atomic E-state index is 0.117. The molecular formula is C27H32N2O3S. The molecule has 0 radical (unpaired) electrons. The maximum atomic E-state index is 12.7. The van der Waals surface area contributed by atoms with E-state index in [-0.39, 0.29) is 18.5 Å². The van der Waals surface area contributed by atoms with Crippen LogP contribution in [-0.2, 0) is 23.0 Å². The number of anilines is 1. The van der Waals surface area contributed by atoms with E-state index in [1.807, 2.05) is 51.1 Å². The van der Waals surface area contributed by atoms with Crippen LogP contribution in [0.15, 0.2) is 66.7 Å². The molecule has 3 rings (SSSR count). The summed E-state index contributed by atoms with van der Waals surface area (Å²) in [5, 5.41) is 3.03. The Bertz CT molecular complexity index is 1220. The van der Waals surface area contributed by atoms with Crippen molar-refractivity contribution in [2.24, 2.45) is 0 Å². The summed E-state index contributed by atoms with van der Waals surface area (Å²) >= 11 is 0. The average molecular weight is 465 g/mol. The first kappa shape index (κ1) is 24.5. The van der Waals surface area contributed by atoms with Crippen molar-refractivity contribution < 1.29 is 13.2 Å². The Labute approximate surface area is 197 Å². The molecule has 5 nitrogen and oxygen atoms in total. The highest BCUT2D eigenvalue weighted by Crippen LogP contribution is 2.24. The number of hydrogen-bond donors (Lipinski definition) is 1. The lowest BCUT2D eigenvalue weighted by Crippen LogP contribution is -2.29. The van der Waals surface area contributed by atoms with Gasteiger partial charge in [0.1, 0.15) is 0 Å². The van der Waals surface area contributed by atoms with Gasteiger partial charge in [0.2, 0.25) is 10.0 Å². The van der Waals surface area contributed by atoms with Gasteiger partial charge in [-0.25, -0.2) is 8.42 Å². The molecule has 0 spiro atoms. The van der Waals surface area contributed by atoms with Crippen LogP contribution >= 0.6 is 0 Å². The Morgan fingerprint density at radius 1 is 0.909 bits per heavy atom. The van der Waals surface area contributed by atoms with Crippen LogP contribution in [0.3, 0.4) is 0 Å². The zero-order valence-electron chi connectivity index (χ0n) is 19.9. The van der Waals surface area contributed by atoms with E-state index >= 15 is 0 Å². The van der Waals surface area contributed by atoms with Crippen molar-refractivity contribution in [2.45, 2.75) is 46.7 Å². The number of rotatable bonds is 8. The minimum Gasteiger partial charge on any atom is -0.346 e. The normalized spacial score (nSPS) is 12.3. The summed E-state index contributed by atoms with van der Waals surface area (Å²) in [6.45, 7) is 8.23. The third-order valence-corrected chi connectivity index (χ3v) is 7.10. The monoisotopic (exact) mass is 464 g/mol. The van der Waals surface area contributed by atoms with Gasteiger partial charge in [0.05, 0.1) is 24.5 Å². The van der Waals surface area contributed by atoms with Crippen molar-refractivity contribution in [3.8, 4) is 0 Å². The summed E-state index contributed by atoms with van der Waals surface area (Å²) in [6.07, 6.45) is 2.19. The quantitative estimate of drug-likeness (QED) is 0.490. The number of benzene rings is 3. The van der Waals surface area contributed by atoms with Gasteiger partial charge in [-0.2, -0.15) is 0 Å². The van der Waals surface area contributed by atoms with Gasteiger partial charge in [0, 0.05) is 5.56 Å². The van der Waals surface area contributed by atoms with E-state index in [9.17, 15) is 13.2 Å². The molecule has 0 aliphatic rings. The van der Waals surface area contributed by atoms with Crippen molar-refractivity contribution in [3.05, 3.63) is 100 Å². The molecule has 3 aromatic rings. The van der Waals surface area contributed by atoms with Crippen molar-refractivity contribution in [2.75, 3.05) is 10.6 Å². The largest absolute Gasteiger partial charge is 0.346 e. The maximum Gasteiger partial charge on any atom is 0.251 e. The highest BCUT2D eigenvalue weighted by molar-refractivity contribution is 7.92. The van der Waals surface area contributed by atoms with Crippen LogP contribution < -0.4 is 9.62 Å². The summed E-state index contributed by atoms with van der Waals surface area (Å²) in [5.41, 5.74) is 6.42. The van der Waals surface area contributed by atoms with Crippen LogP contribution in [0.5, 0.6) is 0 Å². The summed E-state index contributed by atoms with van der Waals surface area (Å²) in [4.78, 5) is 12.7. The second kappa shape index (κ2) is 10.2. The van der Waals surface area contributed by atoms with Gasteiger partial charge in [-0.15, -0.1) is 0 Å². The van der Waals surface area contributed by atoms with Crippen LogP contribution in [0.25, 0.3) is 0 Å². The molecule has 1 amide bonds. The molecular weight excluding hydrogens is 432 g/mol. The van der Waals surface area contributed by atoms with Gasteiger partial charge < -0.3 is 5.32 Å². The molecule has 1 unspecified atom stereocenters. The Morgan fingerprint density at radius 3 is 2.06 bits per heavy atom. The van der Waals surface area contributed by atoms with Crippen molar-refractivity contribution in [1.82, 2.24) is 5.32 Å². The van der Waals surface area contributed by atoms with Crippen molar-refractivity contribution in [1.29, 1.82) is 0 Å². The lowest BCUT2D eigenvalue weighted by atomic mass is 10.0. The zero-order chi connectivity index (χ0) is 24.2. The van der Waals surface area contributed by atoms with Gasteiger partial charge in [0.15, 0.2) is 0 Å². The second-order valence-corrected chi connectivity index (χ2v) is 10.4. The predicted molar refractivity (Wildman–Crippen MR) is 135 cm³/mol. The van der Waals surface area contributed by atoms with E-state index in [1.165, 1.54) is 16.1 Å². The van der Waals surface area contributed by atoms with Gasteiger partial charge in [-0.3, -0.25) is 9.10 Å². The number of nitrogens with zero attached hydrogens (tertiary/aromatic N) is 1. The minimum atomic E-state index is -3.47. The number of carbonyl (C=O) groups excluding carboxylic acids is 1. The van der Waals surface area contributed by atoms with E-state index < -0.39 is 10.0 Å². The predicted octanol–water partition coefficient (Wildman–Crippen LogP) is 5.32. The molecule has 3 aromatic carbocycles. The number of carbonyl (C=O) groups is 1. The standard InChI is InChI=1S/C27H32N2O3S/c1-6-22-8-12-24(13-9-22)21(4)28-27(30)25-14-10-23(11-15-25)18-29(33(5,31)32)26-16-7-19(2)20(3)17-26/h7-17,21H,6,18H2,1-5H3,(H,28,30). The third kappa shape index (κ3) is 6.23. The van der Waals surface area contributed by atoms with E-state index in [0.717, 1.165) is 28.7 Å². The molecule has 0 saturated heterocycles. The molecule has 1 atom stereocenters. The topological polar surface area (TPSA) is 66.5 Å². The maximum absolute atomic E-state index is 12.7. The lowest BCUT2D eigenvalue weighted by molar-refractivity contribution is 0.0940. The van der Waals surface area contributed by atoms with Gasteiger partial charge >= 0.3 is 0 Å². The second-order valence-electron chi connectivity index (χ2n) is 8.53. The molecule has 0 heterocycles. The smallest absolute Gasteiger partial charge is 0.251 e. The highest BCUT2D eigenvalue weighted by atomic mass is 32.2. The molecule has 0 bridgehead atoms. The Hall–Kier alpha value is -3.12. The van der Waals surface area contributed by atoms with Crippen molar-refractivity contribution >= 4 is 21.6 Å². The van der Waals surface area contributed by atoms with Gasteiger partial charge in [0.25, 0.3) is 5.91 Å². The van der Waals surface area contributed by atoms with Crippen molar-refractivity contribution in [3.63, 3.8) is 0 Å². The van der Waals surface area contributed by atoms with Crippen LogP contribution in [0.2, 0.25) is 0 Å². The molecule has 33 heavy (non-hydrogen) atoms. The fraction of sp³-hybridized carbons (Fsp3) is 0.296. The number of nitrogens with one attached hydrogen (secondary N) is 1. The summed E-state index contributed by atoms with van der Waals surface area (Å²) < 4.78 is 26.3. The number of hydrogen-bond acceptors (Lipinski definition) is 3. The third-order valence-electron chi connectivity index (χ3n) is 5.96. The first-order chi connectivity index (χ1) is 15.6. The van der Waals surface area contributed by atoms with Gasteiger partial charge in [-0.1, -0.05) is 49.4 Å². The van der Waals surface area contributed by atoms with Gasteiger partial charge in [-0.05, 0) is 79.3 Å². The highest BCUT2D eigenvalue weighted by Gasteiger charge is 2.19. The summed E-state index contributed by atoms with van der Waals surface area (Å²) in [5.74, 6) is -0.164. The molecule has 0 aromatic heterocycles. The fourth-order valence-corrected chi connectivity index (χ4v) is 4.49. The molecule has 0 aliphatic heterocycles. The Morgan fingerprint density at radius 2 is 1.52 bits per heavy atom. The fourth-order valence-electron chi connectivity index (χ4n) is 3.61.